The minimum Gasteiger partial charge on any atom is -0.382 e. The summed E-state index contributed by atoms with van der Waals surface area (Å²) in [6.45, 7) is 2.78. The summed E-state index contributed by atoms with van der Waals surface area (Å²) in [6, 6.07) is 7.62. The lowest BCUT2D eigenvalue weighted by molar-refractivity contribution is 0.0380. The topological polar surface area (TPSA) is 103 Å². The minimum atomic E-state index is -2.58. The van der Waals surface area contributed by atoms with Crippen LogP contribution in [0, 0.1) is 6.92 Å². The number of aromatic nitrogens is 6. The minimum absolute atomic E-state index is 0.0798. The van der Waals surface area contributed by atoms with Crippen molar-refractivity contribution < 1.29 is 18.3 Å². The third-order valence-electron chi connectivity index (χ3n) is 6.27. The van der Waals surface area contributed by atoms with Crippen molar-refractivity contribution in [2.24, 2.45) is 7.05 Å². The number of imidazole rings is 1. The monoisotopic (exact) mass is 508 g/mol. The van der Waals surface area contributed by atoms with Gasteiger partial charge in [0, 0.05) is 51.3 Å². The fourth-order valence-corrected chi connectivity index (χ4v) is 4.39. The molecule has 1 amide bonds. The van der Waals surface area contributed by atoms with E-state index in [2.05, 4.69) is 25.4 Å². The van der Waals surface area contributed by atoms with Crippen LogP contribution < -0.4 is 5.32 Å². The fourth-order valence-electron chi connectivity index (χ4n) is 4.39. The van der Waals surface area contributed by atoms with E-state index in [0.717, 1.165) is 11.4 Å². The van der Waals surface area contributed by atoms with Crippen molar-refractivity contribution in [1.29, 1.82) is 0 Å². The molecule has 4 aromatic rings. The van der Waals surface area contributed by atoms with Crippen molar-refractivity contribution in [3.8, 4) is 11.4 Å². The molecule has 10 nitrogen and oxygen atoms in total. The average Bonchev–Trinajstić information content (AvgIpc) is 3.49. The molecule has 4 heterocycles. The van der Waals surface area contributed by atoms with Crippen LogP contribution in [0.3, 0.4) is 0 Å². The molecule has 0 radical (unpaired) electrons. The molecule has 1 aliphatic heterocycles. The Hall–Kier alpha value is -4.19. The predicted molar refractivity (Wildman–Crippen MR) is 131 cm³/mol. The van der Waals surface area contributed by atoms with E-state index >= 15 is 0 Å². The van der Waals surface area contributed by atoms with Gasteiger partial charge in [-0.25, -0.2) is 23.7 Å². The van der Waals surface area contributed by atoms with Gasteiger partial charge in [0.1, 0.15) is 11.5 Å². The second kappa shape index (κ2) is 10.1. The predicted octanol–water partition coefficient (Wildman–Crippen LogP) is 3.73. The number of rotatable bonds is 8. The van der Waals surface area contributed by atoms with E-state index in [1.807, 2.05) is 6.92 Å². The number of amides is 1. The maximum absolute atomic E-state index is 13.6. The number of anilines is 2. The first-order valence-corrected chi connectivity index (χ1v) is 11.7. The SMILES string of the molecule is COCC1Cn2cc(-c3nc(Nc4ccnn4C)ncc3C)nc2C(=O)N1Cc1cccc(C(F)F)c1. The number of alkyl halides is 2. The number of nitrogens with one attached hydrogen (secondary N) is 1. The summed E-state index contributed by atoms with van der Waals surface area (Å²) in [4.78, 5) is 28.8. The first kappa shape index (κ1) is 24.5. The standard InChI is InChI=1S/C25H26F2N8O2/c1-15-10-28-25(31-20-7-8-29-33(20)2)32-21(15)19-13-34-12-18(14-37-3)35(24(36)23(34)30-19)11-16-5-4-6-17(9-16)22(26)27/h4-10,13,18,22H,11-12,14H2,1-3H3,(H,28,31,32). The van der Waals surface area contributed by atoms with Gasteiger partial charge in [-0.15, -0.1) is 0 Å². The van der Waals surface area contributed by atoms with Crippen molar-refractivity contribution in [3.63, 3.8) is 0 Å². The summed E-state index contributed by atoms with van der Waals surface area (Å²) in [7, 11) is 3.37. The van der Waals surface area contributed by atoms with Gasteiger partial charge in [-0.1, -0.05) is 18.2 Å². The quantitative estimate of drug-likeness (QED) is 0.387. The molecule has 192 valence electrons. The highest BCUT2D eigenvalue weighted by Crippen LogP contribution is 2.28. The van der Waals surface area contributed by atoms with Crippen LogP contribution in [0.5, 0.6) is 0 Å². The number of aryl methyl sites for hydroxylation is 2. The second-order valence-corrected chi connectivity index (χ2v) is 8.88. The number of nitrogens with zero attached hydrogens (tertiary/aromatic N) is 7. The Morgan fingerprint density at radius 2 is 2.08 bits per heavy atom. The summed E-state index contributed by atoms with van der Waals surface area (Å²) in [5, 5.41) is 7.26. The number of carbonyl (C=O) groups excluding carboxylic acids is 1. The molecule has 0 aliphatic carbocycles. The van der Waals surface area contributed by atoms with Gasteiger partial charge in [0.15, 0.2) is 5.82 Å². The van der Waals surface area contributed by atoms with E-state index in [-0.39, 0.29) is 29.9 Å². The smallest absolute Gasteiger partial charge is 0.290 e. The summed E-state index contributed by atoms with van der Waals surface area (Å²) >= 11 is 0. The third-order valence-corrected chi connectivity index (χ3v) is 6.27. The number of halogens is 2. The molecule has 0 saturated carbocycles. The van der Waals surface area contributed by atoms with Gasteiger partial charge in [-0.05, 0) is 24.1 Å². The van der Waals surface area contributed by atoms with E-state index in [1.54, 1.807) is 65.1 Å². The Morgan fingerprint density at radius 3 is 2.81 bits per heavy atom. The maximum atomic E-state index is 13.6. The lowest BCUT2D eigenvalue weighted by atomic mass is 10.1. The molecule has 0 fully saturated rings. The molecule has 12 heteroatoms. The summed E-state index contributed by atoms with van der Waals surface area (Å²) < 4.78 is 35.3. The molecular weight excluding hydrogens is 482 g/mol. The number of hydrogen-bond donors (Lipinski definition) is 1. The van der Waals surface area contributed by atoms with Gasteiger partial charge < -0.3 is 19.5 Å². The van der Waals surface area contributed by atoms with Crippen molar-refractivity contribution in [1.82, 2.24) is 34.2 Å². The van der Waals surface area contributed by atoms with E-state index in [4.69, 9.17) is 4.74 Å². The highest BCUT2D eigenvalue weighted by atomic mass is 19.3. The van der Waals surface area contributed by atoms with Crippen LogP contribution in [0.15, 0.2) is 48.9 Å². The van der Waals surface area contributed by atoms with Crippen molar-refractivity contribution in [3.05, 3.63) is 71.4 Å². The van der Waals surface area contributed by atoms with Crippen LogP contribution in [-0.2, 0) is 24.9 Å². The lowest BCUT2D eigenvalue weighted by Crippen LogP contribution is -2.49. The van der Waals surface area contributed by atoms with Gasteiger partial charge in [0.2, 0.25) is 5.95 Å². The maximum Gasteiger partial charge on any atom is 0.290 e. The molecule has 1 atom stereocenters. The number of methoxy groups -OCH3 is 1. The zero-order valence-corrected chi connectivity index (χ0v) is 20.6. The number of fused-ring (bicyclic) bond motifs is 1. The van der Waals surface area contributed by atoms with Crippen LogP contribution in [0.2, 0.25) is 0 Å². The fraction of sp³-hybridized carbons (Fsp3) is 0.320. The number of ether oxygens (including phenoxy) is 1. The largest absolute Gasteiger partial charge is 0.382 e. The number of carbonyl (C=O) groups is 1. The summed E-state index contributed by atoms with van der Waals surface area (Å²) in [5.74, 6) is 1.05. The van der Waals surface area contributed by atoms with Crippen LogP contribution >= 0.6 is 0 Å². The lowest BCUT2D eigenvalue weighted by Gasteiger charge is -2.35. The number of hydrogen-bond acceptors (Lipinski definition) is 7. The first-order chi connectivity index (χ1) is 17.8. The molecule has 1 aliphatic rings. The van der Waals surface area contributed by atoms with Crippen LogP contribution in [0.1, 0.15) is 33.7 Å². The van der Waals surface area contributed by atoms with Crippen LogP contribution in [-0.4, -0.2) is 59.9 Å². The molecular formula is C25H26F2N8O2. The zero-order valence-electron chi connectivity index (χ0n) is 20.6. The van der Waals surface area contributed by atoms with Crippen molar-refractivity contribution >= 4 is 17.7 Å². The summed E-state index contributed by atoms with van der Waals surface area (Å²) in [6.07, 6.45) is 2.57. The van der Waals surface area contributed by atoms with Gasteiger partial charge in [-0.3, -0.25) is 9.48 Å². The second-order valence-electron chi connectivity index (χ2n) is 8.88. The molecule has 5 rings (SSSR count). The molecule has 1 aromatic carbocycles. The first-order valence-electron chi connectivity index (χ1n) is 11.7. The Kier molecular flexibility index (Phi) is 6.66. The Morgan fingerprint density at radius 1 is 1.24 bits per heavy atom. The molecule has 0 spiro atoms. The molecule has 1 N–H and O–H groups in total. The van der Waals surface area contributed by atoms with Gasteiger partial charge in [-0.2, -0.15) is 5.10 Å². The molecule has 1 unspecified atom stereocenters. The van der Waals surface area contributed by atoms with E-state index in [1.165, 1.54) is 12.1 Å². The zero-order chi connectivity index (χ0) is 26.1. The highest BCUT2D eigenvalue weighted by molar-refractivity contribution is 5.92. The van der Waals surface area contributed by atoms with Crippen molar-refractivity contribution in [2.45, 2.75) is 32.5 Å². The normalized spacial score (nSPS) is 15.4. The van der Waals surface area contributed by atoms with Gasteiger partial charge >= 0.3 is 0 Å². The summed E-state index contributed by atoms with van der Waals surface area (Å²) in [5.41, 5.74) is 2.46. The average molecular weight is 509 g/mol. The van der Waals surface area contributed by atoms with E-state index < -0.39 is 6.43 Å². The van der Waals surface area contributed by atoms with E-state index in [9.17, 15) is 13.6 Å². The van der Waals surface area contributed by atoms with E-state index in [0.29, 0.717) is 36.1 Å². The van der Waals surface area contributed by atoms with Gasteiger partial charge in [0.25, 0.3) is 12.3 Å². The molecule has 0 bridgehead atoms. The Balaban J connectivity index is 1.45. The molecule has 3 aromatic heterocycles. The molecule has 37 heavy (non-hydrogen) atoms. The van der Waals surface area contributed by atoms with Gasteiger partial charge in [0.05, 0.1) is 24.5 Å². The molecule has 0 saturated heterocycles. The Labute approximate surface area is 211 Å². The highest BCUT2D eigenvalue weighted by Gasteiger charge is 2.35. The third kappa shape index (κ3) is 4.92. The van der Waals surface area contributed by atoms with Crippen LogP contribution in [0.4, 0.5) is 20.5 Å². The van der Waals surface area contributed by atoms with Crippen LogP contribution in [0.25, 0.3) is 11.4 Å². The van der Waals surface area contributed by atoms with Crippen molar-refractivity contribution in [2.75, 3.05) is 19.0 Å². The Bertz CT molecular complexity index is 1430. The number of benzene rings is 1.